The number of hydrogen-bond acceptors (Lipinski definition) is 3. The summed E-state index contributed by atoms with van der Waals surface area (Å²) in [4.78, 5) is 0. The number of ether oxygens (including phenoxy) is 2. The summed E-state index contributed by atoms with van der Waals surface area (Å²) >= 11 is 8.55. The molecular formula is C7H12O2S2. The van der Waals surface area contributed by atoms with Gasteiger partial charge in [0, 0.05) is 13.2 Å². The zero-order valence-corrected chi connectivity index (χ0v) is 8.00. The van der Waals surface area contributed by atoms with E-state index in [1.165, 1.54) is 0 Å². The van der Waals surface area contributed by atoms with Gasteiger partial charge in [0.1, 0.15) is 0 Å². The first-order chi connectivity index (χ1) is 5.29. The molecule has 1 saturated heterocycles. The lowest BCUT2D eigenvalue weighted by atomic mass is 10.0. The van der Waals surface area contributed by atoms with Crippen molar-refractivity contribution in [2.24, 2.45) is 5.92 Å². The molecule has 0 saturated carbocycles. The van der Waals surface area contributed by atoms with E-state index in [1.807, 2.05) is 0 Å². The second-order valence-corrected chi connectivity index (χ2v) is 3.71. The fourth-order valence-corrected chi connectivity index (χ4v) is 1.24. The van der Waals surface area contributed by atoms with Crippen LogP contribution in [0.15, 0.2) is 0 Å². The minimum atomic E-state index is 0.344. The zero-order chi connectivity index (χ0) is 8.10. The molecule has 0 amide bonds. The van der Waals surface area contributed by atoms with Gasteiger partial charge in [-0.05, 0) is 31.0 Å². The lowest BCUT2D eigenvalue weighted by molar-refractivity contribution is 0.0491. The lowest BCUT2D eigenvalue weighted by Crippen LogP contribution is -2.20. The molecule has 1 fully saturated rings. The SMILES string of the molecule is S=C(S)OCC1CCOCC1. The standard InChI is InChI=1S/C7H12O2S2/c10-7(11)9-5-6-1-3-8-4-2-6/h6H,1-5H2,(H,10,11). The van der Waals surface area contributed by atoms with Crippen molar-refractivity contribution >= 4 is 29.2 Å². The van der Waals surface area contributed by atoms with Crippen molar-refractivity contribution in [3.8, 4) is 0 Å². The van der Waals surface area contributed by atoms with Crippen LogP contribution in [-0.2, 0) is 9.47 Å². The third kappa shape index (κ3) is 3.94. The normalized spacial score (nSPS) is 19.7. The number of thiol groups is 1. The molecule has 11 heavy (non-hydrogen) atoms. The van der Waals surface area contributed by atoms with Gasteiger partial charge in [-0.2, -0.15) is 0 Å². The Morgan fingerprint density at radius 1 is 1.55 bits per heavy atom. The molecule has 0 atom stereocenters. The quantitative estimate of drug-likeness (QED) is 0.530. The van der Waals surface area contributed by atoms with Gasteiger partial charge >= 0.3 is 0 Å². The Balaban J connectivity index is 2.09. The van der Waals surface area contributed by atoms with Crippen molar-refractivity contribution in [3.63, 3.8) is 0 Å². The van der Waals surface area contributed by atoms with Crippen molar-refractivity contribution < 1.29 is 9.47 Å². The van der Waals surface area contributed by atoms with Crippen LogP contribution in [0.2, 0.25) is 0 Å². The van der Waals surface area contributed by atoms with Crippen LogP contribution in [0.1, 0.15) is 12.8 Å². The summed E-state index contributed by atoms with van der Waals surface area (Å²) in [6.45, 7) is 2.41. The summed E-state index contributed by atoms with van der Waals surface area (Å²) in [6.07, 6.45) is 2.16. The van der Waals surface area contributed by atoms with Gasteiger partial charge < -0.3 is 9.47 Å². The Hall–Kier alpha value is 0.200. The highest BCUT2D eigenvalue weighted by Gasteiger charge is 2.13. The van der Waals surface area contributed by atoms with Gasteiger partial charge in [0.15, 0.2) is 0 Å². The molecular weight excluding hydrogens is 180 g/mol. The van der Waals surface area contributed by atoms with E-state index in [0.29, 0.717) is 16.9 Å². The highest BCUT2D eigenvalue weighted by atomic mass is 32.1. The topological polar surface area (TPSA) is 18.5 Å². The fraction of sp³-hybridized carbons (Fsp3) is 0.857. The first-order valence-corrected chi connectivity index (χ1v) is 4.58. The molecule has 0 aromatic heterocycles. The largest absolute Gasteiger partial charge is 0.478 e. The van der Waals surface area contributed by atoms with Crippen LogP contribution in [-0.4, -0.2) is 24.2 Å². The molecule has 0 radical (unpaired) electrons. The van der Waals surface area contributed by atoms with E-state index in [9.17, 15) is 0 Å². The van der Waals surface area contributed by atoms with Gasteiger partial charge in [0.25, 0.3) is 0 Å². The summed E-state index contributed by atoms with van der Waals surface area (Å²) in [5.41, 5.74) is 0. The van der Waals surface area contributed by atoms with Crippen LogP contribution in [0.3, 0.4) is 0 Å². The van der Waals surface area contributed by atoms with Crippen LogP contribution < -0.4 is 0 Å². The smallest absolute Gasteiger partial charge is 0.216 e. The Bertz CT molecular complexity index is 132. The molecule has 64 valence electrons. The van der Waals surface area contributed by atoms with Crippen LogP contribution in [0, 0.1) is 5.92 Å². The first-order valence-electron chi connectivity index (χ1n) is 3.72. The maximum atomic E-state index is 5.20. The molecule has 1 aliphatic rings. The van der Waals surface area contributed by atoms with Gasteiger partial charge in [-0.1, -0.05) is 12.6 Å². The molecule has 0 N–H and O–H groups in total. The van der Waals surface area contributed by atoms with Crippen molar-refractivity contribution in [3.05, 3.63) is 0 Å². The number of thiocarbonyl (C=S) groups is 1. The van der Waals surface area contributed by atoms with Gasteiger partial charge in [-0.3, -0.25) is 0 Å². The van der Waals surface area contributed by atoms with E-state index in [2.05, 4.69) is 24.8 Å². The van der Waals surface area contributed by atoms with Gasteiger partial charge in [0.2, 0.25) is 4.38 Å². The maximum Gasteiger partial charge on any atom is 0.216 e. The molecule has 0 bridgehead atoms. The molecule has 1 aliphatic heterocycles. The second-order valence-electron chi connectivity index (χ2n) is 2.63. The highest BCUT2D eigenvalue weighted by molar-refractivity contribution is 8.10. The third-order valence-corrected chi connectivity index (χ3v) is 2.03. The van der Waals surface area contributed by atoms with E-state index in [0.717, 1.165) is 26.1 Å². The molecule has 0 spiro atoms. The van der Waals surface area contributed by atoms with E-state index in [1.54, 1.807) is 0 Å². The Kier molecular flexibility index (Phi) is 4.18. The van der Waals surface area contributed by atoms with Crippen molar-refractivity contribution in [1.29, 1.82) is 0 Å². The van der Waals surface area contributed by atoms with E-state index < -0.39 is 0 Å². The van der Waals surface area contributed by atoms with Crippen LogP contribution in [0.4, 0.5) is 0 Å². The number of rotatable bonds is 2. The molecule has 1 rings (SSSR count). The summed E-state index contributed by atoms with van der Waals surface area (Å²) in [5.74, 6) is 0.605. The average molecular weight is 192 g/mol. The predicted octanol–water partition coefficient (Wildman–Crippen LogP) is 1.64. The Morgan fingerprint density at radius 2 is 2.18 bits per heavy atom. The first kappa shape index (κ1) is 9.29. The minimum absolute atomic E-state index is 0.344. The molecule has 2 nitrogen and oxygen atoms in total. The zero-order valence-electron chi connectivity index (χ0n) is 6.28. The monoisotopic (exact) mass is 192 g/mol. The molecule has 0 unspecified atom stereocenters. The molecule has 1 heterocycles. The van der Waals surface area contributed by atoms with Crippen LogP contribution >= 0.6 is 24.8 Å². The van der Waals surface area contributed by atoms with Gasteiger partial charge in [-0.25, -0.2) is 0 Å². The molecule has 4 heteroatoms. The Morgan fingerprint density at radius 3 is 2.73 bits per heavy atom. The van der Waals surface area contributed by atoms with E-state index in [-0.39, 0.29) is 0 Å². The summed E-state index contributed by atoms with van der Waals surface area (Å²) in [5, 5.41) is 0. The van der Waals surface area contributed by atoms with Crippen LogP contribution in [0.25, 0.3) is 0 Å². The maximum absolute atomic E-state index is 5.20. The lowest BCUT2D eigenvalue weighted by Gasteiger charge is -2.21. The average Bonchev–Trinajstić information content (AvgIpc) is 2.03. The third-order valence-electron chi connectivity index (χ3n) is 1.78. The Labute approximate surface area is 77.7 Å². The van der Waals surface area contributed by atoms with Crippen molar-refractivity contribution in [2.75, 3.05) is 19.8 Å². The molecule has 0 aromatic carbocycles. The minimum Gasteiger partial charge on any atom is -0.478 e. The van der Waals surface area contributed by atoms with Crippen molar-refractivity contribution in [1.82, 2.24) is 0 Å². The summed E-state index contributed by atoms with van der Waals surface area (Å²) in [6, 6.07) is 0. The second kappa shape index (κ2) is 4.95. The molecule has 0 aliphatic carbocycles. The van der Waals surface area contributed by atoms with E-state index >= 15 is 0 Å². The predicted molar refractivity (Wildman–Crippen MR) is 51.1 cm³/mol. The van der Waals surface area contributed by atoms with Crippen molar-refractivity contribution in [2.45, 2.75) is 12.8 Å². The fourth-order valence-electron chi connectivity index (χ4n) is 1.10. The number of hydrogen-bond donors (Lipinski definition) is 1. The van der Waals surface area contributed by atoms with Gasteiger partial charge in [0.05, 0.1) is 6.61 Å². The summed E-state index contributed by atoms with van der Waals surface area (Å²) < 4.78 is 10.7. The highest BCUT2D eigenvalue weighted by Crippen LogP contribution is 2.14. The molecule has 0 aromatic rings. The van der Waals surface area contributed by atoms with Gasteiger partial charge in [-0.15, -0.1) is 0 Å². The summed E-state index contributed by atoms with van der Waals surface area (Å²) in [7, 11) is 0. The van der Waals surface area contributed by atoms with Crippen LogP contribution in [0.5, 0.6) is 0 Å². The van der Waals surface area contributed by atoms with E-state index in [4.69, 9.17) is 9.47 Å².